The van der Waals surface area contributed by atoms with Gasteiger partial charge in [-0.2, -0.15) is 0 Å². The Morgan fingerprint density at radius 2 is 1.50 bits per heavy atom. The van der Waals surface area contributed by atoms with E-state index in [-0.39, 0.29) is 46.1 Å². The summed E-state index contributed by atoms with van der Waals surface area (Å²) in [7, 11) is 0. The van der Waals surface area contributed by atoms with E-state index in [0.29, 0.717) is 5.56 Å². The van der Waals surface area contributed by atoms with Crippen LogP contribution in [0.4, 0.5) is 0 Å². The Bertz CT molecular complexity index is 1140. The molecule has 8 heteroatoms. The van der Waals surface area contributed by atoms with Crippen LogP contribution in [0.15, 0.2) is 48.5 Å². The number of carbonyl (C=O) groups excluding carboxylic acids is 1. The molecule has 1 aliphatic rings. The molecular formula is C22H18O8. The third-order valence-corrected chi connectivity index (χ3v) is 5.03. The largest absolute Gasteiger partial charge is 0.508 e. The molecule has 6 N–H and O–H groups in total. The van der Waals surface area contributed by atoms with Crippen LogP contribution in [-0.2, 0) is 6.42 Å². The molecule has 2 atom stereocenters. The van der Waals surface area contributed by atoms with Crippen molar-refractivity contribution in [1.82, 2.24) is 0 Å². The van der Waals surface area contributed by atoms with Crippen LogP contribution in [0.1, 0.15) is 33.2 Å². The highest BCUT2D eigenvalue weighted by Crippen LogP contribution is 2.46. The van der Waals surface area contributed by atoms with Crippen LogP contribution in [0, 0.1) is 0 Å². The van der Waals surface area contributed by atoms with E-state index in [0.717, 1.165) is 12.1 Å². The lowest BCUT2D eigenvalue weighted by Crippen LogP contribution is -2.36. The van der Waals surface area contributed by atoms with Crippen molar-refractivity contribution >= 4 is 5.78 Å². The van der Waals surface area contributed by atoms with Crippen LogP contribution in [0.25, 0.3) is 0 Å². The zero-order valence-electron chi connectivity index (χ0n) is 15.5. The van der Waals surface area contributed by atoms with Gasteiger partial charge in [-0.25, -0.2) is 0 Å². The number of phenols is 5. The standard InChI is InChI=1S/C22H18O8/c23-12-4-1-10(2-5-12)7-13-15(25)9-17(27)18-19(28)20(29)21(30-22(13)18)11-3-6-14(24)16(26)8-11/h1-6,8-9,20-21,23-27,29H,7H2/t20-,21+/m1/s1. The summed E-state index contributed by atoms with van der Waals surface area (Å²) in [6.45, 7) is 0. The maximum atomic E-state index is 12.8. The van der Waals surface area contributed by atoms with Crippen LogP contribution in [0.2, 0.25) is 0 Å². The van der Waals surface area contributed by atoms with Crippen LogP contribution in [0.3, 0.4) is 0 Å². The Morgan fingerprint density at radius 1 is 0.800 bits per heavy atom. The molecule has 0 saturated heterocycles. The number of aromatic hydroxyl groups is 5. The molecule has 0 saturated carbocycles. The van der Waals surface area contributed by atoms with Crippen LogP contribution in [-0.4, -0.2) is 42.5 Å². The predicted octanol–water partition coefficient (Wildman–Crippen LogP) is 2.48. The molecule has 0 amide bonds. The highest BCUT2D eigenvalue weighted by atomic mass is 16.5. The first-order valence-electron chi connectivity index (χ1n) is 9.02. The zero-order valence-corrected chi connectivity index (χ0v) is 15.5. The number of fused-ring (bicyclic) bond motifs is 1. The smallest absolute Gasteiger partial charge is 0.202 e. The summed E-state index contributed by atoms with van der Waals surface area (Å²) in [5, 5.41) is 59.8. The molecule has 0 unspecified atom stereocenters. The topological polar surface area (TPSA) is 148 Å². The number of phenolic OH excluding ortho intramolecular Hbond substituents is 5. The second kappa shape index (κ2) is 7.16. The number of carbonyl (C=O) groups is 1. The minimum Gasteiger partial charge on any atom is -0.508 e. The lowest BCUT2D eigenvalue weighted by atomic mass is 9.89. The Morgan fingerprint density at radius 3 is 2.17 bits per heavy atom. The fourth-order valence-corrected chi connectivity index (χ4v) is 3.47. The van der Waals surface area contributed by atoms with Crippen molar-refractivity contribution in [3.05, 3.63) is 70.8 Å². The maximum Gasteiger partial charge on any atom is 0.202 e. The first-order chi connectivity index (χ1) is 14.3. The van der Waals surface area contributed by atoms with Crippen LogP contribution in [0.5, 0.6) is 34.5 Å². The van der Waals surface area contributed by atoms with Crippen molar-refractivity contribution in [3.63, 3.8) is 0 Å². The van der Waals surface area contributed by atoms with E-state index in [1.807, 2.05) is 0 Å². The minimum atomic E-state index is -1.68. The summed E-state index contributed by atoms with van der Waals surface area (Å²) in [5.41, 5.74) is 0.863. The van der Waals surface area contributed by atoms with E-state index in [9.17, 15) is 35.4 Å². The van der Waals surface area contributed by atoms with Crippen molar-refractivity contribution in [2.24, 2.45) is 0 Å². The van der Waals surface area contributed by atoms with Gasteiger partial charge in [-0.3, -0.25) is 4.79 Å². The third kappa shape index (κ3) is 3.23. The van der Waals surface area contributed by atoms with Crippen molar-refractivity contribution in [2.75, 3.05) is 0 Å². The van der Waals surface area contributed by atoms with Gasteiger partial charge in [-0.15, -0.1) is 0 Å². The molecule has 154 valence electrons. The summed E-state index contributed by atoms with van der Waals surface area (Å²) >= 11 is 0. The van der Waals surface area contributed by atoms with Gasteiger partial charge < -0.3 is 35.4 Å². The number of aliphatic hydroxyl groups is 1. The molecule has 3 aromatic carbocycles. The Balaban J connectivity index is 1.82. The molecule has 4 rings (SSSR count). The fraction of sp³-hybridized carbons (Fsp3) is 0.136. The van der Waals surface area contributed by atoms with E-state index >= 15 is 0 Å². The molecule has 0 aromatic heterocycles. The highest BCUT2D eigenvalue weighted by Gasteiger charge is 2.41. The normalized spacial score (nSPS) is 18.0. The molecule has 1 aliphatic heterocycles. The number of Topliss-reactive ketones (excluding diaryl/α,β-unsaturated/α-hetero) is 1. The Kier molecular flexibility index (Phi) is 4.63. The number of ketones is 1. The first-order valence-corrected chi connectivity index (χ1v) is 9.02. The van der Waals surface area contributed by atoms with Gasteiger partial charge in [0, 0.05) is 18.1 Å². The summed E-state index contributed by atoms with van der Waals surface area (Å²) in [6, 6.07) is 10.9. The van der Waals surface area contributed by atoms with E-state index in [2.05, 4.69) is 0 Å². The summed E-state index contributed by atoms with van der Waals surface area (Å²) in [4.78, 5) is 12.8. The van der Waals surface area contributed by atoms with E-state index in [1.165, 1.54) is 24.3 Å². The highest BCUT2D eigenvalue weighted by molar-refractivity contribution is 6.06. The Hall–Kier alpha value is -3.91. The van der Waals surface area contributed by atoms with E-state index in [4.69, 9.17) is 4.74 Å². The van der Waals surface area contributed by atoms with E-state index in [1.54, 1.807) is 12.1 Å². The quantitative estimate of drug-likeness (QED) is 0.361. The van der Waals surface area contributed by atoms with Crippen molar-refractivity contribution in [2.45, 2.75) is 18.6 Å². The second-order valence-electron chi connectivity index (χ2n) is 7.04. The molecule has 30 heavy (non-hydrogen) atoms. The maximum absolute atomic E-state index is 12.8. The SMILES string of the molecule is O=C1c2c(O)cc(O)c(Cc3ccc(O)cc3)c2O[C@@H](c2ccc(O)c(O)c2)[C@@H]1O. The third-order valence-electron chi connectivity index (χ3n) is 5.03. The summed E-state index contributed by atoms with van der Waals surface area (Å²) < 4.78 is 5.85. The van der Waals surface area contributed by atoms with E-state index < -0.39 is 29.5 Å². The van der Waals surface area contributed by atoms with Gasteiger partial charge in [0.1, 0.15) is 28.6 Å². The fourth-order valence-electron chi connectivity index (χ4n) is 3.47. The number of aliphatic hydroxyl groups excluding tert-OH is 1. The summed E-state index contributed by atoms with van der Waals surface area (Å²) in [6.07, 6.45) is -2.80. The molecule has 0 radical (unpaired) electrons. The van der Waals surface area contributed by atoms with Gasteiger partial charge in [0.15, 0.2) is 23.7 Å². The molecule has 1 heterocycles. The number of hydrogen-bond donors (Lipinski definition) is 6. The molecule has 0 spiro atoms. The molecule has 0 bridgehead atoms. The number of benzene rings is 3. The predicted molar refractivity (Wildman–Crippen MR) is 104 cm³/mol. The molecule has 0 fully saturated rings. The molecular weight excluding hydrogens is 392 g/mol. The minimum absolute atomic E-state index is 0.0671. The lowest BCUT2D eigenvalue weighted by molar-refractivity contribution is 0.0205. The monoisotopic (exact) mass is 410 g/mol. The number of ether oxygens (including phenoxy) is 1. The molecule has 3 aromatic rings. The zero-order chi connectivity index (χ0) is 21.6. The van der Waals surface area contributed by atoms with Gasteiger partial charge in [0.25, 0.3) is 0 Å². The summed E-state index contributed by atoms with van der Waals surface area (Å²) in [5.74, 6) is -2.50. The average molecular weight is 410 g/mol. The first kappa shape index (κ1) is 19.4. The van der Waals surface area contributed by atoms with Crippen molar-refractivity contribution < 1.29 is 40.2 Å². The molecule has 0 aliphatic carbocycles. The van der Waals surface area contributed by atoms with Gasteiger partial charge in [0.2, 0.25) is 5.78 Å². The van der Waals surface area contributed by atoms with Gasteiger partial charge >= 0.3 is 0 Å². The number of hydrogen-bond acceptors (Lipinski definition) is 8. The average Bonchev–Trinajstić information content (AvgIpc) is 2.70. The van der Waals surface area contributed by atoms with Crippen LogP contribution >= 0.6 is 0 Å². The van der Waals surface area contributed by atoms with Crippen LogP contribution < -0.4 is 4.74 Å². The van der Waals surface area contributed by atoms with Crippen molar-refractivity contribution in [1.29, 1.82) is 0 Å². The lowest BCUT2D eigenvalue weighted by Gasteiger charge is -2.32. The van der Waals surface area contributed by atoms with Gasteiger partial charge in [0.05, 0.1) is 0 Å². The van der Waals surface area contributed by atoms with Gasteiger partial charge in [-0.05, 0) is 35.4 Å². The number of rotatable bonds is 3. The Labute approximate surface area is 170 Å². The second-order valence-corrected chi connectivity index (χ2v) is 7.04. The van der Waals surface area contributed by atoms with Crippen molar-refractivity contribution in [3.8, 4) is 34.5 Å². The molecule has 8 nitrogen and oxygen atoms in total. The van der Waals surface area contributed by atoms with Gasteiger partial charge in [-0.1, -0.05) is 18.2 Å².